The van der Waals surface area contributed by atoms with Crippen molar-refractivity contribution in [3.63, 3.8) is 0 Å². The summed E-state index contributed by atoms with van der Waals surface area (Å²) in [6.07, 6.45) is 1.25. The van der Waals surface area contributed by atoms with E-state index in [9.17, 15) is 9.90 Å². The Labute approximate surface area is 153 Å². The van der Waals surface area contributed by atoms with Gasteiger partial charge in [0.05, 0.1) is 4.88 Å². The molecule has 0 aliphatic carbocycles. The van der Waals surface area contributed by atoms with Crippen LogP contribution in [0.2, 0.25) is 0 Å². The van der Waals surface area contributed by atoms with E-state index < -0.39 is 5.60 Å². The lowest BCUT2D eigenvalue weighted by Crippen LogP contribution is -2.60. The van der Waals surface area contributed by atoms with E-state index in [0.717, 1.165) is 38.0 Å². The molecular weight excluding hydrogens is 334 g/mol. The molecule has 0 saturated heterocycles. The molecule has 1 aliphatic rings. The van der Waals surface area contributed by atoms with Crippen molar-refractivity contribution in [2.75, 3.05) is 0 Å². The van der Waals surface area contributed by atoms with Gasteiger partial charge in [0.1, 0.15) is 5.75 Å². The van der Waals surface area contributed by atoms with Crippen molar-refractivity contribution < 1.29 is 19.2 Å². The quantitative estimate of drug-likeness (QED) is 0.734. The largest absolute Gasteiger partial charge is 0.872 e. The fraction of sp³-hybridized carbons (Fsp3) is 0.500. The van der Waals surface area contributed by atoms with Crippen LogP contribution in [0.5, 0.6) is 11.5 Å². The molecule has 2 aromatic rings. The highest BCUT2D eigenvalue weighted by Gasteiger charge is 2.48. The third-order valence-corrected chi connectivity index (χ3v) is 6.69. The lowest BCUT2D eigenvalue weighted by atomic mass is 9.86. The Hall–Kier alpha value is -1.88. The van der Waals surface area contributed by atoms with Crippen molar-refractivity contribution in [1.82, 2.24) is 0 Å². The Morgan fingerprint density at radius 2 is 1.76 bits per heavy atom. The number of thiazole rings is 1. The molecular formula is C20H25NO3S. The van der Waals surface area contributed by atoms with Crippen molar-refractivity contribution in [3.05, 3.63) is 37.8 Å². The molecule has 0 saturated carbocycles. The predicted octanol–water partition coefficient (Wildman–Crippen LogP) is 3.38. The number of nitrogens with zero attached hydrogens (tertiary/aromatic N) is 1. The number of hydrogen-bond acceptors (Lipinski definition) is 4. The summed E-state index contributed by atoms with van der Waals surface area (Å²) < 4.78 is 8.08. The molecule has 0 spiro atoms. The van der Waals surface area contributed by atoms with Gasteiger partial charge in [0, 0.05) is 20.3 Å². The number of aryl methyl sites for hydroxylation is 2. The van der Waals surface area contributed by atoms with Gasteiger partial charge in [0.2, 0.25) is 16.3 Å². The van der Waals surface area contributed by atoms with E-state index >= 15 is 0 Å². The van der Waals surface area contributed by atoms with Crippen LogP contribution in [0.4, 0.5) is 0 Å². The minimum atomic E-state index is -0.922. The number of rotatable bonds is 1. The fourth-order valence-corrected chi connectivity index (χ4v) is 4.64. The first-order valence-electron chi connectivity index (χ1n) is 8.60. The Morgan fingerprint density at radius 3 is 2.32 bits per heavy atom. The molecule has 1 aliphatic heterocycles. The summed E-state index contributed by atoms with van der Waals surface area (Å²) >= 11 is 1.63. The molecule has 2 heterocycles. The van der Waals surface area contributed by atoms with Gasteiger partial charge in [0.15, 0.2) is 0 Å². The minimum absolute atomic E-state index is 0.0293. The van der Waals surface area contributed by atoms with Crippen LogP contribution in [-0.2, 0) is 6.42 Å². The van der Waals surface area contributed by atoms with E-state index in [2.05, 4.69) is 0 Å². The smallest absolute Gasteiger partial charge is 0.436 e. The summed E-state index contributed by atoms with van der Waals surface area (Å²) in [6.45, 7) is 13.4. The van der Waals surface area contributed by atoms with Crippen LogP contribution < -0.4 is 14.4 Å². The average molecular weight is 359 g/mol. The van der Waals surface area contributed by atoms with Crippen molar-refractivity contribution in [2.45, 2.75) is 66.9 Å². The molecule has 0 amide bonds. The van der Waals surface area contributed by atoms with Gasteiger partial charge in [-0.1, -0.05) is 22.5 Å². The lowest BCUT2D eigenvalue weighted by Gasteiger charge is -2.35. The number of ether oxygens (including phenoxy) is 1. The van der Waals surface area contributed by atoms with Gasteiger partial charge >= 0.3 is 5.91 Å². The molecule has 5 heteroatoms. The Morgan fingerprint density at radius 1 is 1.12 bits per heavy atom. The molecule has 1 unspecified atom stereocenters. The van der Waals surface area contributed by atoms with E-state index in [4.69, 9.17) is 4.74 Å². The van der Waals surface area contributed by atoms with Gasteiger partial charge in [-0.05, 0) is 52.2 Å². The number of carbonyl (C=O) groups is 1. The number of benzene rings is 1. The number of carbonyl (C=O) groups excluding carboxylic acids is 1. The molecule has 1 aromatic carbocycles. The van der Waals surface area contributed by atoms with E-state index in [1.54, 1.807) is 15.9 Å². The number of fused-ring (bicyclic) bond motifs is 1. The number of hydrogen-bond donors (Lipinski definition) is 0. The van der Waals surface area contributed by atoms with Gasteiger partial charge in [0.25, 0.3) is 0 Å². The molecule has 1 aromatic heterocycles. The van der Waals surface area contributed by atoms with E-state index in [1.165, 1.54) is 0 Å². The van der Waals surface area contributed by atoms with E-state index in [-0.39, 0.29) is 11.7 Å². The third-order valence-electron chi connectivity index (χ3n) is 5.61. The second-order valence-corrected chi connectivity index (χ2v) is 8.66. The second-order valence-electron chi connectivity index (χ2n) is 7.25. The van der Waals surface area contributed by atoms with Crippen LogP contribution in [0, 0.1) is 41.5 Å². The SMILES string of the molecule is Cc1sc(C)[n+](C(=O)C2(C)CCc3c(C)c([O-])c(C)c(C)c3O2)c1C. The van der Waals surface area contributed by atoms with Crippen molar-refractivity contribution in [3.8, 4) is 11.5 Å². The van der Waals surface area contributed by atoms with Crippen molar-refractivity contribution in [2.24, 2.45) is 0 Å². The molecule has 0 radical (unpaired) electrons. The van der Waals surface area contributed by atoms with E-state index in [0.29, 0.717) is 18.4 Å². The highest BCUT2D eigenvalue weighted by Crippen LogP contribution is 2.42. The second kappa shape index (κ2) is 5.84. The topological polar surface area (TPSA) is 53.2 Å². The maximum Gasteiger partial charge on any atom is 0.436 e. The summed E-state index contributed by atoms with van der Waals surface area (Å²) in [5.41, 5.74) is 3.32. The fourth-order valence-electron chi connectivity index (χ4n) is 3.65. The summed E-state index contributed by atoms with van der Waals surface area (Å²) in [5, 5.41) is 13.3. The highest BCUT2D eigenvalue weighted by atomic mass is 32.1. The average Bonchev–Trinajstić information content (AvgIpc) is 2.82. The van der Waals surface area contributed by atoms with Crippen LogP contribution in [0.25, 0.3) is 0 Å². The van der Waals surface area contributed by atoms with Gasteiger partial charge in [-0.15, -0.1) is 10.3 Å². The summed E-state index contributed by atoms with van der Waals surface area (Å²) in [7, 11) is 0. The third kappa shape index (κ3) is 2.56. The zero-order valence-electron chi connectivity index (χ0n) is 16.0. The molecule has 3 rings (SSSR count). The normalized spacial score (nSPS) is 19.5. The first-order chi connectivity index (χ1) is 11.6. The van der Waals surface area contributed by atoms with Crippen molar-refractivity contribution in [1.29, 1.82) is 0 Å². The van der Waals surface area contributed by atoms with Crippen LogP contribution in [0.3, 0.4) is 0 Å². The molecule has 0 bridgehead atoms. The Kier molecular flexibility index (Phi) is 4.18. The molecule has 0 fully saturated rings. The Bertz CT molecular complexity index is 897. The van der Waals surface area contributed by atoms with Crippen LogP contribution in [-0.4, -0.2) is 11.5 Å². The van der Waals surface area contributed by atoms with Crippen LogP contribution in [0.1, 0.15) is 56.0 Å². The first-order valence-corrected chi connectivity index (χ1v) is 9.42. The van der Waals surface area contributed by atoms with Gasteiger partial charge in [-0.2, -0.15) is 0 Å². The standard InChI is InChI=1S/C20H25NO3S/c1-10-11(2)18-16(12(3)17(10)22)8-9-20(7,24-18)19(23)21-13(4)14(5)25-15(21)6/h8-9H2,1-7H3. The first kappa shape index (κ1) is 17.9. The van der Waals surface area contributed by atoms with Crippen LogP contribution in [0.15, 0.2) is 0 Å². The molecule has 4 nitrogen and oxygen atoms in total. The lowest BCUT2D eigenvalue weighted by molar-refractivity contribution is -0.588. The molecule has 25 heavy (non-hydrogen) atoms. The molecule has 0 N–H and O–H groups in total. The number of aromatic nitrogens is 1. The Balaban J connectivity index is 2.08. The van der Waals surface area contributed by atoms with Crippen molar-refractivity contribution >= 4 is 17.2 Å². The highest BCUT2D eigenvalue weighted by molar-refractivity contribution is 7.11. The minimum Gasteiger partial charge on any atom is -0.872 e. The molecule has 134 valence electrons. The van der Waals surface area contributed by atoms with Gasteiger partial charge in [-0.3, -0.25) is 0 Å². The summed E-state index contributed by atoms with van der Waals surface area (Å²) in [6, 6.07) is 0. The predicted molar refractivity (Wildman–Crippen MR) is 96.8 cm³/mol. The van der Waals surface area contributed by atoms with Gasteiger partial charge < -0.3 is 9.84 Å². The van der Waals surface area contributed by atoms with Gasteiger partial charge in [-0.25, -0.2) is 4.79 Å². The maximum atomic E-state index is 13.3. The zero-order chi connectivity index (χ0) is 18.7. The monoisotopic (exact) mass is 359 g/mol. The summed E-state index contributed by atoms with van der Waals surface area (Å²) in [5.74, 6) is 0.780. The molecule has 1 atom stereocenters. The maximum absolute atomic E-state index is 13.3. The summed E-state index contributed by atoms with van der Waals surface area (Å²) in [4.78, 5) is 14.5. The zero-order valence-corrected chi connectivity index (χ0v) is 16.8. The van der Waals surface area contributed by atoms with E-state index in [1.807, 2.05) is 48.5 Å². The van der Waals surface area contributed by atoms with Crippen LogP contribution >= 0.6 is 11.3 Å².